The first kappa shape index (κ1) is 17.6. The third-order valence-electron chi connectivity index (χ3n) is 3.62. The molecule has 0 heterocycles. The predicted octanol–water partition coefficient (Wildman–Crippen LogP) is 3.01. The molecule has 0 radical (unpaired) electrons. The van der Waals surface area contributed by atoms with E-state index in [1.807, 2.05) is 6.07 Å². The van der Waals surface area contributed by atoms with Gasteiger partial charge >= 0.3 is 0 Å². The van der Waals surface area contributed by atoms with Gasteiger partial charge in [0.25, 0.3) is 0 Å². The van der Waals surface area contributed by atoms with Gasteiger partial charge < -0.3 is 19.5 Å². The fourth-order valence-electron chi connectivity index (χ4n) is 2.33. The first-order chi connectivity index (χ1) is 11.6. The van der Waals surface area contributed by atoms with Gasteiger partial charge in [-0.2, -0.15) is 5.26 Å². The van der Waals surface area contributed by atoms with Crippen LogP contribution < -0.4 is 19.5 Å². The van der Waals surface area contributed by atoms with Crippen LogP contribution in [0.5, 0.6) is 17.2 Å². The molecule has 0 amide bonds. The van der Waals surface area contributed by atoms with Gasteiger partial charge in [-0.1, -0.05) is 6.07 Å². The molecular formula is C18H19FN2O3. The van der Waals surface area contributed by atoms with Crippen LogP contribution in [0.15, 0.2) is 30.3 Å². The molecule has 0 bridgehead atoms. The molecule has 0 atom stereocenters. The molecule has 2 rings (SSSR count). The highest BCUT2D eigenvalue weighted by Gasteiger charge is 2.13. The van der Waals surface area contributed by atoms with Crippen LogP contribution in [0.4, 0.5) is 4.39 Å². The third-order valence-corrected chi connectivity index (χ3v) is 3.62. The Morgan fingerprint density at radius 2 is 1.67 bits per heavy atom. The molecule has 0 unspecified atom stereocenters. The van der Waals surface area contributed by atoms with Crippen molar-refractivity contribution < 1.29 is 18.6 Å². The molecular weight excluding hydrogens is 311 g/mol. The Hall–Kier alpha value is -2.78. The molecule has 0 aliphatic rings. The van der Waals surface area contributed by atoms with E-state index in [0.717, 1.165) is 5.56 Å². The zero-order chi connectivity index (χ0) is 17.5. The number of rotatable bonds is 7. The number of methoxy groups -OCH3 is 3. The topological polar surface area (TPSA) is 63.5 Å². The molecule has 0 aliphatic carbocycles. The van der Waals surface area contributed by atoms with Crippen LogP contribution in [0, 0.1) is 17.1 Å². The maximum absolute atomic E-state index is 13.9. The summed E-state index contributed by atoms with van der Waals surface area (Å²) in [6, 6.07) is 9.86. The second-order valence-electron chi connectivity index (χ2n) is 5.03. The normalized spacial score (nSPS) is 10.1. The lowest BCUT2D eigenvalue weighted by atomic mass is 10.1. The zero-order valence-corrected chi connectivity index (χ0v) is 13.9. The lowest BCUT2D eigenvalue weighted by Gasteiger charge is -2.15. The summed E-state index contributed by atoms with van der Waals surface area (Å²) < 4.78 is 29.9. The number of nitriles is 1. The van der Waals surface area contributed by atoms with Gasteiger partial charge in [-0.25, -0.2) is 4.39 Å². The maximum atomic E-state index is 13.9. The monoisotopic (exact) mass is 330 g/mol. The molecule has 2 aromatic carbocycles. The third kappa shape index (κ3) is 3.94. The second kappa shape index (κ2) is 8.18. The van der Waals surface area contributed by atoms with Crippen LogP contribution >= 0.6 is 0 Å². The molecule has 1 N–H and O–H groups in total. The largest absolute Gasteiger partial charge is 0.496 e. The summed E-state index contributed by atoms with van der Waals surface area (Å²) >= 11 is 0. The number of nitrogens with zero attached hydrogens (tertiary/aromatic N) is 1. The Morgan fingerprint density at radius 3 is 2.17 bits per heavy atom. The summed E-state index contributed by atoms with van der Waals surface area (Å²) in [4.78, 5) is 0. The summed E-state index contributed by atoms with van der Waals surface area (Å²) in [5.41, 5.74) is 1.60. The smallest absolute Gasteiger partial charge is 0.130 e. The van der Waals surface area contributed by atoms with Crippen molar-refractivity contribution in [2.24, 2.45) is 0 Å². The number of hydrogen-bond donors (Lipinski definition) is 1. The highest BCUT2D eigenvalue weighted by molar-refractivity contribution is 5.50. The molecule has 5 nitrogen and oxygen atoms in total. The van der Waals surface area contributed by atoms with E-state index in [1.165, 1.54) is 6.07 Å². The number of nitrogens with one attached hydrogen (secondary N) is 1. The Kier molecular flexibility index (Phi) is 5.99. The van der Waals surface area contributed by atoms with Crippen LogP contribution in [-0.2, 0) is 13.1 Å². The molecule has 2 aromatic rings. The van der Waals surface area contributed by atoms with E-state index in [0.29, 0.717) is 41.5 Å². The van der Waals surface area contributed by atoms with Gasteiger partial charge in [0.15, 0.2) is 0 Å². The van der Waals surface area contributed by atoms with Gasteiger partial charge in [-0.15, -0.1) is 0 Å². The van der Waals surface area contributed by atoms with E-state index in [4.69, 9.17) is 19.5 Å². The Labute approximate surface area is 140 Å². The minimum absolute atomic E-state index is 0.301. The van der Waals surface area contributed by atoms with E-state index in [9.17, 15) is 4.39 Å². The van der Waals surface area contributed by atoms with Gasteiger partial charge in [0, 0.05) is 30.8 Å². The van der Waals surface area contributed by atoms with Gasteiger partial charge in [0.05, 0.1) is 38.5 Å². The fourth-order valence-corrected chi connectivity index (χ4v) is 2.33. The zero-order valence-electron chi connectivity index (χ0n) is 13.9. The summed E-state index contributed by atoms with van der Waals surface area (Å²) in [6.07, 6.45) is 0. The molecule has 0 saturated carbocycles. The summed E-state index contributed by atoms with van der Waals surface area (Å²) in [6.45, 7) is 0.742. The fraction of sp³-hybridized carbons (Fsp3) is 0.278. The van der Waals surface area contributed by atoms with Crippen LogP contribution in [0.3, 0.4) is 0 Å². The second-order valence-corrected chi connectivity index (χ2v) is 5.03. The predicted molar refractivity (Wildman–Crippen MR) is 87.8 cm³/mol. The van der Waals surface area contributed by atoms with Gasteiger partial charge in [-0.05, 0) is 12.1 Å². The lowest BCUT2D eigenvalue weighted by molar-refractivity contribution is 0.366. The maximum Gasteiger partial charge on any atom is 0.130 e. The van der Waals surface area contributed by atoms with Crippen molar-refractivity contribution in [3.8, 4) is 23.3 Å². The van der Waals surface area contributed by atoms with Crippen molar-refractivity contribution in [2.75, 3.05) is 21.3 Å². The quantitative estimate of drug-likeness (QED) is 0.845. The molecule has 126 valence electrons. The van der Waals surface area contributed by atoms with Crippen LogP contribution in [0.25, 0.3) is 0 Å². The Balaban J connectivity index is 2.13. The summed E-state index contributed by atoms with van der Waals surface area (Å²) in [7, 11) is 4.70. The SMILES string of the molecule is COc1cc(OC)c(CNCc2ccc(C#N)cc2F)c(OC)c1. The average Bonchev–Trinajstić information content (AvgIpc) is 2.62. The van der Waals surface area contributed by atoms with Crippen molar-refractivity contribution in [2.45, 2.75) is 13.1 Å². The number of benzene rings is 2. The average molecular weight is 330 g/mol. The molecule has 6 heteroatoms. The van der Waals surface area contributed by atoms with Crippen molar-refractivity contribution in [3.63, 3.8) is 0 Å². The molecule has 0 aliphatic heterocycles. The Bertz CT molecular complexity index is 731. The first-order valence-corrected chi connectivity index (χ1v) is 7.31. The van der Waals surface area contributed by atoms with E-state index in [2.05, 4.69) is 5.32 Å². The molecule has 0 spiro atoms. The minimum Gasteiger partial charge on any atom is -0.496 e. The summed E-state index contributed by atoms with van der Waals surface area (Å²) in [5, 5.41) is 11.9. The van der Waals surface area contributed by atoms with Crippen LogP contribution in [0.2, 0.25) is 0 Å². The molecule has 0 aromatic heterocycles. The van der Waals surface area contributed by atoms with E-state index >= 15 is 0 Å². The summed E-state index contributed by atoms with van der Waals surface area (Å²) in [5.74, 6) is 1.47. The van der Waals surface area contributed by atoms with E-state index in [-0.39, 0.29) is 0 Å². The van der Waals surface area contributed by atoms with Crippen LogP contribution in [0.1, 0.15) is 16.7 Å². The van der Waals surface area contributed by atoms with E-state index < -0.39 is 5.82 Å². The van der Waals surface area contributed by atoms with Crippen molar-refractivity contribution in [1.82, 2.24) is 5.32 Å². The lowest BCUT2D eigenvalue weighted by Crippen LogP contribution is -2.15. The van der Waals surface area contributed by atoms with Crippen molar-refractivity contribution in [1.29, 1.82) is 5.26 Å². The van der Waals surface area contributed by atoms with Gasteiger partial charge in [0.1, 0.15) is 23.1 Å². The number of ether oxygens (including phenoxy) is 3. The van der Waals surface area contributed by atoms with E-state index in [1.54, 1.807) is 45.6 Å². The molecule has 24 heavy (non-hydrogen) atoms. The first-order valence-electron chi connectivity index (χ1n) is 7.31. The standard InChI is InChI=1S/C18H19FN2O3/c1-22-14-7-17(23-2)15(18(8-14)24-3)11-21-10-13-5-4-12(9-20)6-16(13)19/h4-8,21H,10-11H2,1-3H3. The number of hydrogen-bond acceptors (Lipinski definition) is 5. The van der Waals surface area contributed by atoms with Gasteiger partial charge in [0.2, 0.25) is 0 Å². The van der Waals surface area contributed by atoms with Crippen molar-refractivity contribution >= 4 is 0 Å². The highest BCUT2D eigenvalue weighted by atomic mass is 19.1. The van der Waals surface area contributed by atoms with Crippen molar-refractivity contribution in [3.05, 3.63) is 52.8 Å². The van der Waals surface area contributed by atoms with Crippen LogP contribution in [-0.4, -0.2) is 21.3 Å². The van der Waals surface area contributed by atoms with Gasteiger partial charge in [-0.3, -0.25) is 0 Å². The Morgan fingerprint density at radius 1 is 1.00 bits per heavy atom. The highest BCUT2D eigenvalue weighted by Crippen LogP contribution is 2.33. The molecule has 0 saturated heterocycles. The molecule has 0 fully saturated rings. The minimum atomic E-state index is -0.407. The number of halogens is 1.